The number of amides is 1. The Bertz CT molecular complexity index is 1310. The van der Waals surface area contributed by atoms with Gasteiger partial charge in [0.25, 0.3) is 5.91 Å². The number of aromatic nitrogens is 2. The Labute approximate surface area is 195 Å². The number of carbonyl (C=O) groups excluding carboxylic acids is 1. The molecule has 0 unspecified atom stereocenters. The first-order valence-electron chi connectivity index (χ1n) is 10.4. The number of benzene rings is 2. The van der Waals surface area contributed by atoms with Crippen LogP contribution in [0.3, 0.4) is 0 Å². The lowest BCUT2D eigenvalue weighted by Crippen LogP contribution is -2.12. The molecule has 0 aliphatic carbocycles. The van der Waals surface area contributed by atoms with Crippen molar-refractivity contribution in [2.75, 3.05) is 5.32 Å². The lowest BCUT2D eigenvalue weighted by atomic mass is 10.1. The van der Waals surface area contributed by atoms with E-state index in [9.17, 15) is 9.18 Å². The third-order valence-corrected chi connectivity index (χ3v) is 5.65. The molecule has 2 aromatic heterocycles. The fourth-order valence-corrected chi connectivity index (χ4v) is 3.70. The molecule has 1 amide bonds. The number of carbonyl (C=O) groups is 1. The maximum atomic E-state index is 13.2. The predicted octanol–water partition coefficient (Wildman–Crippen LogP) is 6.07. The Hall–Kier alpha value is -3.58. The number of anilines is 1. The molecule has 0 atom stereocenters. The Kier molecular flexibility index (Phi) is 6.51. The Morgan fingerprint density at radius 1 is 1.15 bits per heavy atom. The fraction of sp³-hybridized carbons (Fsp3) is 0.200. The summed E-state index contributed by atoms with van der Waals surface area (Å²) in [5.74, 6) is 0.0705. The topological polar surface area (TPSA) is 69.3 Å². The number of nitrogens with one attached hydrogen (secondary N) is 1. The second-order valence-electron chi connectivity index (χ2n) is 7.71. The Morgan fingerprint density at radius 3 is 2.70 bits per heavy atom. The van der Waals surface area contributed by atoms with E-state index in [4.69, 9.17) is 20.8 Å². The van der Waals surface area contributed by atoms with Gasteiger partial charge in [0.15, 0.2) is 5.76 Å². The lowest BCUT2D eigenvalue weighted by molar-refractivity contribution is 0.0992. The van der Waals surface area contributed by atoms with Gasteiger partial charge >= 0.3 is 0 Å². The monoisotopic (exact) mass is 467 g/mol. The number of ether oxygens (including phenoxy) is 1. The van der Waals surface area contributed by atoms with Gasteiger partial charge in [-0.25, -0.2) is 4.39 Å². The molecule has 0 spiro atoms. The van der Waals surface area contributed by atoms with E-state index >= 15 is 0 Å². The van der Waals surface area contributed by atoms with E-state index in [-0.39, 0.29) is 23.3 Å². The van der Waals surface area contributed by atoms with E-state index in [1.54, 1.807) is 12.1 Å². The summed E-state index contributed by atoms with van der Waals surface area (Å²) >= 11 is 5.97. The largest absolute Gasteiger partial charge is 0.484 e. The van der Waals surface area contributed by atoms with Crippen LogP contribution in [0.5, 0.6) is 5.75 Å². The summed E-state index contributed by atoms with van der Waals surface area (Å²) in [6, 6.07) is 15.2. The number of nitrogens with zero attached hydrogens (tertiary/aromatic N) is 2. The number of hydrogen-bond acceptors (Lipinski definition) is 4. The number of furan rings is 1. The molecule has 2 heterocycles. The maximum absolute atomic E-state index is 13.2. The molecule has 0 radical (unpaired) electrons. The van der Waals surface area contributed by atoms with Gasteiger partial charge in [0, 0.05) is 0 Å². The average Bonchev–Trinajstić information content (AvgIpc) is 3.35. The van der Waals surface area contributed by atoms with Crippen molar-refractivity contribution in [3.8, 4) is 5.75 Å². The molecule has 1 N–H and O–H groups in total. The highest BCUT2D eigenvalue weighted by molar-refractivity contribution is 6.32. The van der Waals surface area contributed by atoms with Gasteiger partial charge < -0.3 is 14.5 Å². The first-order valence-corrected chi connectivity index (χ1v) is 10.8. The van der Waals surface area contributed by atoms with E-state index in [2.05, 4.69) is 29.5 Å². The van der Waals surface area contributed by atoms with Crippen LogP contribution in [0.15, 0.2) is 59.0 Å². The zero-order chi connectivity index (χ0) is 23.5. The Balaban J connectivity index is 1.43. The molecule has 170 valence electrons. The van der Waals surface area contributed by atoms with Crippen molar-refractivity contribution in [2.24, 2.45) is 0 Å². The molecule has 0 aliphatic heterocycles. The van der Waals surface area contributed by atoms with E-state index in [1.807, 2.05) is 30.7 Å². The minimum Gasteiger partial charge on any atom is -0.484 e. The minimum atomic E-state index is -0.447. The molecule has 8 heteroatoms. The minimum absolute atomic E-state index is 0.0467. The van der Waals surface area contributed by atoms with Crippen molar-refractivity contribution in [1.82, 2.24) is 9.78 Å². The molecule has 33 heavy (non-hydrogen) atoms. The molecular weight excluding hydrogens is 445 g/mol. The summed E-state index contributed by atoms with van der Waals surface area (Å²) in [7, 11) is 0. The third-order valence-electron chi connectivity index (χ3n) is 5.35. The molecule has 0 bridgehead atoms. The normalized spacial score (nSPS) is 10.9. The zero-order valence-electron chi connectivity index (χ0n) is 18.5. The molecule has 0 saturated heterocycles. The quantitative estimate of drug-likeness (QED) is 0.358. The Morgan fingerprint density at radius 2 is 1.94 bits per heavy atom. The average molecular weight is 468 g/mol. The first kappa shape index (κ1) is 22.6. The first-order chi connectivity index (χ1) is 15.8. The summed E-state index contributed by atoms with van der Waals surface area (Å²) in [5.41, 5.74) is 4.57. The molecule has 4 aromatic rings. The van der Waals surface area contributed by atoms with Crippen LogP contribution in [0.1, 0.15) is 38.8 Å². The molecular formula is C25H23ClFN3O3. The zero-order valence-corrected chi connectivity index (χ0v) is 19.2. The van der Waals surface area contributed by atoms with Crippen LogP contribution in [0.2, 0.25) is 5.02 Å². The van der Waals surface area contributed by atoms with Crippen molar-refractivity contribution < 1.29 is 18.3 Å². The van der Waals surface area contributed by atoms with Gasteiger partial charge in [-0.15, -0.1) is 0 Å². The standard InChI is InChI=1S/C25H23ClFN3O3/c1-15-6-4-5-7-18(15)13-30-17(3)24(16(2)29-30)28-25(31)23-11-9-20(33-23)14-32-22-10-8-19(27)12-21(22)26/h4-12H,13-14H2,1-3H3,(H,28,31). The van der Waals surface area contributed by atoms with E-state index in [1.165, 1.54) is 23.8 Å². The maximum Gasteiger partial charge on any atom is 0.291 e. The van der Waals surface area contributed by atoms with Crippen molar-refractivity contribution >= 4 is 23.2 Å². The van der Waals surface area contributed by atoms with Gasteiger partial charge in [0.2, 0.25) is 0 Å². The molecule has 0 saturated carbocycles. The number of aryl methyl sites for hydroxylation is 2. The smallest absolute Gasteiger partial charge is 0.291 e. The summed E-state index contributed by atoms with van der Waals surface area (Å²) < 4.78 is 26.2. The van der Waals surface area contributed by atoms with E-state index < -0.39 is 5.82 Å². The van der Waals surface area contributed by atoms with Crippen LogP contribution >= 0.6 is 11.6 Å². The summed E-state index contributed by atoms with van der Waals surface area (Å²) in [4.78, 5) is 12.8. The summed E-state index contributed by atoms with van der Waals surface area (Å²) in [5, 5.41) is 7.65. The van der Waals surface area contributed by atoms with Crippen LogP contribution in [0.4, 0.5) is 10.1 Å². The second-order valence-corrected chi connectivity index (χ2v) is 8.12. The van der Waals surface area contributed by atoms with Gasteiger partial charge in [-0.05, 0) is 62.2 Å². The molecule has 2 aromatic carbocycles. The van der Waals surface area contributed by atoms with Gasteiger partial charge in [0.1, 0.15) is 23.9 Å². The van der Waals surface area contributed by atoms with Crippen molar-refractivity contribution in [3.05, 3.63) is 99.5 Å². The molecule has 6 nitrogen and oxygen atoms in total. The van der Waals surface area contributed by atoms with Gasteiger partial charge in [-0.2, -0.15) is 5.10 Å². The highest BCUT2D eigenvalue weighted by Crippen LogP contribution is 2.26. The molecule has 0 fully saturated rings. The van der Waals surface area contributed by atoms with Crippen LogP contribution < -0.4 is 10.1 Å². The van der Waals surface area contributed by atoms with E-state index in [0.717, 1.165) is 17.0 Å². The van der Waals surface area contributed by atoms with E-state index in [0.29, 0.717) is 23.7 Å². The highest BCUT2D eigenvalue weighted by Gasteiger charge is 2.18. The van der Waals surface area contributed by atoms with Crippen LogP contribution in [-0.4, -0.2) is 15.7 Å². The number of hydrogen-bond donors (Lipinski definition) is 1. The third kappa shape index (κ3) is 5.09. The van der Waals surface area contributed by atoms with Crippen molar-refractivity contribution in [3.63, 3.8) is 0 Å². The summed E-state index contributed by atoms with van der Waals surface area (Å²) in [6.07, 6.45) is 0. The second kappa shape index (κ2) is 9.50. The predicted molar refractivity (Wildman–Crippen MR) is 124 cm³/mol. The van der Waals surface area contributed by atoms with Gasteiger partial charge in [-0.3, -0.25) is 9.48 Å². The number of halogens is 2. The van der Waals surface area contributed by atoms with Crippen molar-refractivity contribution in [1.29, 1.82) is 0 Å². The molecule has 0 aliphatic rings. The van der Waals surface area contributed by atoms with Crippen LogP contribution in [0.25, 0.3) is 0 Å². The highest BCUT2D eigenvalue weighted by atomic mass is 35.5. The van der Waals surface area contributed by atoms with Crippen molar-refractivity contribution in [2.45, 2.75) is 33.9 Å². The van der Waals surface area contributed by atoms with Crippen LogP contribution in [0, 0.1) is 26.6 Å². The SMILES string of the molecule is Cc1ccccc1Cn1nc(C)c(NC(=O)c2ccc(COc3ccc(F)cc3Cl)o2)c1C. The molecule has 4 rings (SSSR count). The van der Waals surface area contributed by atoms with Crippen LogP contribution in [-0.2, 0) is 13.2 Å². The number of rotatable bonds is 7. The lowest BCUT2D eigenvalue weighted by Gasteiger charge is -2.08. The fourth-order valence-electron chi connectivity index (χ4n) is 3.47. The van der Waals surface area contributed by atoms with Gasteiger partial charge in [-0.1, -0.05) is 35.9 Å². The van der Waals surface area contributed by atoms with Gasteiger partial charge in [0.05, 0.1) is 28.6 Å². The summed E-state index contributed by atoms with van der Waals surface area (Å²) in [6.45, 7) is 6.49.